The highest BCUT2D eigenvalue weighted by molar-refractivity contribution is 7.09. The molecule has 42 heavy (non-hydrogen) atoms. The first-order chi connectivity index (χ1) is 20.3. The van der Waals surface area contributed by atoms with Crippen LogP contribution in [0, 0.1) is 0 Å². The minimum absolute atomic E-state index is 0.0736. The van der Waals surface area contributed by atoms with Gasteiger partial charge >= 0.3 is 5.97 Å². The van der Waals surface area contributed by atoms with E-state index in [1.807, 2.05) is 54.6 Å². The van der Waals surface area contributed by atoms with Gasteiger partial charge in [0.15, 0.2) is 0 Å². The monoisotopic (exact) mass is 583 g/mol. The lowest BCUT2D eigenvalue weighted by molar-refractivity contribution is -0.127. The molecule has 0 aliphatic rings. The fourth-order valence-electron chi connectivity index (χ4n) is 4.30. The summed E-state index contributed by atoms with van der Waals surface area (Å²) in [6.45, 7) is 2.35. The number of carboxylic acid groups (broad SMARTS) is 1. The molecule has 0 saturated heterocycles. The number of aromatic nitrogens is 1. The maximum Gasteiger partial charge on any atom is 0.339 e. The Morgan fingerprint density at radius 2 is 1.69 bits per heavy atom. The van der Waals surface area contributed by atoms with Crippen molar-refractivity contribution in [1.82, 2.24) is 9.88 Å². The number of aromatic hydroxyl groups is 1. The summed E-state index contributed by atoms with van der Waals surface area (Å²) in [5, 5.41) is 24.4. The molecule has 216 valence electrons. The number of rotatable bonds is 13. The van der Waals surface area contributed by atoms with Crippen LogP contribution in [0.5, 0.6) is 5.75 Å². The lowest BCUT2D eigenvalue weighted by Gasteiger charge is -2.20. The SMILES string of the molecule is CCCCCc1ccc(NC(=O)c2csc(CN(Cc3ccc(O)c(C(=O)O)c3)C(=O)C=Cc3ccccc3)n2)cc1. The molecule has 1 heterocycles. The quantitative estimate of drug-likeness (QED) is 0.118. The summed E-state index contributed by atoms with van der Waals surface area (Å²) in [7, 11) is 0. The molecule has 4 rings (SSSR count). The number of unbranched alkanes of at least 4 members (excludes halogenated alkanes) is 2. The highest BCUT2D eigenvalue weighted by Gasteiger charge is 2.19. The van der Waals surface area contributed by atoms with Gasteiger partial charge in [0.1, 0.15) is 22.0 Å². The zero-order valence-corrected chi connectivity index (χ0v) is 24.1. The number of aromatic carboxylic acids is 1. The Bertz CT molecular complexity index is 1550. The first-order valence-corrected chi connectivity index (χ1v) is 14.6. The van der Waals surface area contributed by atoms with Crippen LogP contribution in [0.4, 0.5) is 5.69 Å². The van der Waals surface area contributed by atoms with Gasteiger partial charge in [-0.15, -0.1) is 11.3 Å². The third kappa shape index (κ3) is 8.62. The summed E-state index contributed by atoms with van der Waals surface area (Å²) in [6, 6.07) is 21.4. The zero-order chi connectivity index (χ0) is 29.9. The van der Waals surface area contributed by atoms with E-state index in [-0.39, 0.29) is 41.9 Å². The van der Waals surface area contributed by atoms with Crippen molar-refractivity contribution in [2.24, 2.45) is 0 Å². The molecule has 0 spiro atoms. The van der Waals surface area contributed by atoms with Crippen LogP contribution < -0.4 is 5.32 Å². The van der Waals surface area contributed by atoms with E-state index in [0.717, 1.165) is 18.4 Å². The van der Waals surface area contributed by atoms with Gasteiger partial charge in [-0.3, -0.25) is 9.59 Å². The number of hydrogen-bond acceptors (Lipinski definition) is 6. The second kappa shape index (κ2) is 14.7. The average molecular weight is 584 g/mol. The van der Waals surface area contributed by atoms with Gasteiger partial charge in [0.05, 0.1) is 6.54 Å². The van der Waals surface area contributed by atoms with E-state index in [1.54, 1.807) is 17.5 Å². The van der Waals surface area contributed by atoms with Crippen molar-refractivity contribution in [3.63, 3.8) is 0 Å². The van der Waals surface area contributed by atoms with Gasteiger partial charge in [-0.2, -0.15) is 0 Å². The van der Waals surface area contributed by atoms with E-state index in [2.05, 4.69) is 17.2 Å². The normalized spacial score (nSPS) is 11.0. The van der Waals surface area contributed by atoms with Crippen LogP contribution in [-0.2, 0) is 24.3 Å². The molecule has 1 aromatic heterocycles. The molecule has 0 bridgehead atoms. The van der Waals surface area contributed by atoms with Gasteiger partial charge in [0.25, 0.3) is 5.91 Å². The Balaban J connectivity index is 1.47. The molecule has 0 radical (unpaired) electrons. The van der Waals surface area contributed by atoms with Gasteiger partial charge in [-0.05, 0) is 59.9 Å². The van der Waals surface area contributed by atoms with Crippen LogP contribution in [0.15, 0.2) is 84.3 Å². The van der Waals surface area contributed by atoms with E-state index in [4.69, 9.17) is 0 Å². The van der Waals surface area contributed by atoms with E-state index < -0.39 is 5.97 Å². The van der Waals surface area contributed by atoms with Crippen molar-refractivity contribution < 1.29 is 24.6 Å². The van der Waals surface area contributed by atoms with Crippen molar-refractivity contribution in [2.45, 2.75) is 45.7 Å². The van der Waals surface area contributed by atoms with Crippen molar-refractivity contribution in [3.05, 3.63) is 117 Å². The molecule has 0 saturated carbocycles. The largest absolute Gasteiger partial charge is 0.507 e. The van der Waals surface area contributed by atoms with Gasteiger partial charge in [-0.25, -0.2) is 9.78 Å². The van der Waals surface area contributed by atoms with Gasteiger partial charge in [-0.1, -0.05) is 68.3 Å². The number of hydrogen-bond donors (Lipinski definition) is 3. The summed E-state index contributed by atoms with van der Waals surface area (Å²) < 4.78 is 0. The third-order valence-electron chi connectivity index (χ3n) is 6.59. The van der Waals surface area contributed by atoms with Crippen LogP contribution in [-0.4, -0.2) is 37.9 Å². The maximum absolute atomic E-state index is 13.3. The molecular weight excluding hydrogens is 550 g/mol. The predicted octanol–water partition coefficient (Wildman–Crippen LogP) is 6.77. The number of carbonyl (C=O) groups excluding carboxylic acids is 2. The number of nitrogens with zero attached hydrogens (tertiary/aromatic N) is 2. The highest BCUT2D eigenvalue weighted by atomic mass is 32.1. The molecular formula is C33H33N3O5S. The summed E-state index contributed by atoms with van der Waals surface area (Å²) >= 11 is 1.26. The number of aryl methyl sites for hydroxylation is 1. The van der Waals surface area contributed by atoms with E-state index in [1.165, 1.54) is 52.9 Å². The molecule has 2 amide bonds. The predicted molar refractivity (Wildman–Crippen MR) is 165 cm³/mol. The van der Waals surface area contributed by atoms with Crippen molar-refractivity contribution in [3.8, 4) is 5.75 Å². The number of nitrogens with one attached hydrogen (secondary N) is 1. The van der Waals surface area contributed by atoms with Gasteiger partial charge in [0.2, 0.25) is 5.91 Å². The molecule has 0 fully saturated rings. The number of carboxylic acids is 1. The fourth-order valence-corrected chi connectivity index (χ4v) is 5.09. The van der Waals surface area contributed by atoms with Crippen LogP contribution in [0.2, 0.25) is 0 Å². The molecule has 0 atom stereocenters. The Morgan fingerprint density at radius 1 is 0.952 bits per heavy atom. The molecule has 0 aliphatic heterocycles. The van der Waals surface area contributed by atoms with E-state index in [9.17, 15) is 24.6 Å². The van der Waals surface area contributed by atoms with Crippen molar-refractivity contribution in [1.29, 1.82) is 0 Å². The lowest BCUT2D eigenvalue weighted by atomic mass is 10.1. The Labute approximate surface area is 249 Å². The molecule has 9 heteroatoms. The zero-order valence-electron chi connectivity index (χ0n) is 23.3. The van der Waals surface area contributed by atoms with Crippen LogP contribution in [0.1, 0.15) is 68.7 Å². The average Bonchev–Trinajstić information content (AvgIpc) is 3.47. The van der Waals surface area contributed by atoms with Gasteiger partial charge in [0, 0.05) is 23.7 Å². The highest BCUT2D eigenvalue weighted by Crippen LogP contribution is 2.22. The van der Waals surface area contributed by atoms with Crippen LogP contribution in [0.3, 0.4) is 0 Å². The second-order valence-corrected chi connectivity index (χ2v) is 10.8. The topological polar surface area (TPSA) is 120 Å². The molecule has 3 N–H and O–H groups in total. The first kappa shape index (κ1) is 30.2. The maximum atomic E-state index is 13.3. The Hall–Kier alpha value is -4.76. The third-order valence-corrected chi connectivity index (χ3v) is 7.42. The number of amides is 2. The molecule has 0 aliphatic carbocycles. The smallest absolute Gasteiger partial charge is 0.339 e. The second-order valence-electron chi connectivity index (χ2n) is 9.83. The van der Waals surface area contributed by atoms with Crippen molar-refractivity contribution in [2.75, 3.05) is 5.32 Å². The molecule has 3 aromatic carbocycles. The summed E-state index contributed by atoms with van der Waals surface area (Å²) in [4.78, 5) is 43.7. The van der Waals surface area contributed by atoms with E-state index >= 15 is 0 Å². The Kier molecular flexibility index (Phi) is 10.6. The van der Waals surface area contributed by atoms with E-state index in [0.29, 0.717) is 16.3 Å². The molecule has 8 nitrogen and oxygen atoms in total. The Morgan fingerprint density at radius 3 is 2.40 bits per heavy atom. The fraction of sp³-hybridized carbons (Fsp3) is 0.212. The number of thiazole rings is 1. The number of benzene rings is 3. The van der Waals surface area contributed by atoms with Crippen molar-refractivity contribution >= 4 is 40.9 Å². The van der Waals surface area contributed by atoms with Crippen LogP contribution in [0.25, 0.3) is 6.08 Å². The minimum atomic E-state index is -1.27. The number of carbonyl (C=O) groups is 3. The standard InChI is InChI=1S/C33H33N3O5S/c1-2-3-5-8-24-11-15-26(16-12-24)34-32(39)28-22-42-30(35-28)21-36(31(38)18-14-23-9-6-4-7-10-23)20-25-13-17-29(37)27(19-25)33(40)41/h4,6-7,9-19,22,37H,2-3,5,8,20-21H2,1H3,(H,34,39)(H,40,41). The van der Waals surface area contributed by atoms with Crippen LogP contribution >= 0.6 is 11.3 Å². The molecule has 4 aromatic rings. The first-order valence-electron chi connectivity index (χ1n) is 13.7. The minimum Gasteiger partial charge on any atom is -0.507 e. The van der Waals surface area contributed by atoms with Gasteiger partial charge < -0.3 is 20.4 Å². The summed E-state index contributed by atoms with van der Waals surface area (Å²) in [6.07, 6.45) is 7.65. The summed E-state index contributed by atoms with van der Waals surface area (Å²) in [5.41, 5.74) is 3.28. The number of anilines is 1. The molecule has 0 unspecified atom stereocenters. The number of phenols is 1. The lowest BCUT2D eigenvalue weighted by Crippen LogP contribution is -2.28. The summed E-state index contributed by atoms with van der Waals surface area (Å²) in [5.74, 6) is -2.28.